The molecule has 1 aromatic carbocycles. The first kappa shape index (κ1) is 46.1. The minimum absolute atomic E-state index is 0.284. The lowest BCUT2D eigenvalue weighted by atomic mass is 10.1. The molecular weight excluding hydrogens is 648 g/mol. The summed E-state index contributed by atoms with van der Waals surface area (Å²) in [6, 6.07) is 5.93. The average molecular weight is 721 g/mol. The Bertz CT molecular complexity index is 860. The van der Waals surface area contributed by atoms with Crippen molar-refractivity contribution in [2.45, 2.75) is 193 Å². The number of aliphatic carboxylic acids is 3. The van der Waals surface area contributed by atoms with E-state index in [1.54, 1.807) is 0 Å². The molecule has 0 bridgehead atoms. The van der Waals surface area contributed by atoms with Crippen LogP contribution in [0.4, 0.5) is 0 Å². The topological polar surface area (TPSA) is 140 Å². The largest absolute Gasteiger partial charge is 0.493 e. The van der Waals surface area contributed by atoms with Crippen molar-refractivity contribution >= 4 is 17.9 Å². The zero-order chi connectivity index (χ0) is 37.0. The van der Waals surface area contributed by atoms with Crippen LogP contribution >= 0.6 is 0 Å². The fourth-order valence-electron chi connectivity index (χ4n) is 6.21. The SMILES string of the molecule is O=C(O)CCCCCCCCCCCOc1cc(OCCCCCCCCCCCC(=O)O)cc(OCCCCCCCCCCCC(=O)O)c1. The van der Waals surface area contributed by atoms with Gasteiger partial charge in [-0.3, -0.25) is 14.4 Å². The van der Waals surface area contributed by atoms with E-state index in [-0.39, 0.29) is 19.3 Å². The molecule has 0 radical (unpaired) electrons. The summed E-state index contributed by atoms with van der Waals surface area (Å²) in [5, 5.41) is 26.2. The van der Waals surface area contributed by atoms with Gasteiger partial charge in [-0.25, -0.2) is 0 Å². The van der Waals surface area contributed by atoms with Crippen molar-refractivity contribution in [2.75, 3.05) is 19.8 Å². The molecule has 9 heteroatoms. The Hall–Kier alpha value is -2.97. The van der Waals surface area contributed by atoms with Gasteiger partial charge in [0.1, 0.15) is 17.2 Å². The third-order valence-corrected chi connectivity index (χ3v) is 9.26. The fraction of sp³-hybridized carbons (Fsp3) is 0.786. The van der Waals surface area contributed by atoms with E-state index in [1.165, 1.54) is 77.0 Å². The second kappa shape index (κ2) is 34.1. The van der Waals surface area contributed by atoms with Crippen LogP contribution in [0.5, 0.6) is 17.2 Å². The van der Waals surface area contributed by atoms with Gasteiger partial charge >= 0.3 is 17.9 Å². The molecule has 0 heterocycles. The summed E-state index contributed by atoms with van der Waals surface area (Å²) >= 11 is 0. The number of carboxylic acids is 3. The van der Waals surface area contributed by atoms with Crippen LogP contribution < -0.4 is 14.2 Å². The van der Waals surface area contributed by atoms with Gasteiger partial charge in [-0.1, -0.05) is 135 Å². The lowest BCUT2D eigenvalue weighted by Crippen LogP contribution is -2.02. The van der Waals surface area contributed by atoms with Crippen LogP contribution in [0, 0.1) is 0 Å². The third kappa shape index (κ3) is 32.7. The van der Waals surface area contributed by atoms with Crippen LogP contribution in [0.1, 0.15) is 193 Å². The van der Waals surface area contributed by atoms with E-state index in [0.717, 1.165) is 114 Å². The van der Waals surface area contributed by atoms with E-state index in [2.05, 4.69) is 0 Å². The maximum atomic E-state index is 10.6. The van der Waals surface area contributed by atoms with E-state index < -0.39 is 17.9 Å². The van der Waals surface area contributed by atoms with Crippen LogP contribution in [0.15, 0.2) is 18.2 Å². The van der Waals surface area contributed by atoms with Gasteiger partial charge in [0.2, 0.25) is 0 Å². The Morgan fingerprint density at radius 2 is 0.490 bits per heavy atom. The van der Waals surface area contributed by atoms with Gasteiger partial charge in [0, 0.05) is 37.5 Å². The normalized spacial score (nSPS) is 11.1. The van der Waals surface area contributed by atoms with Crippen LogP contribution in [0.3, 0.4) is 0 Å². The maximum Gasteiger partial charge on any atom is 0.303 e. The number of ether oxygens (including phenoxy) is 3. The Kier molecular flexibility index (Phi) is 30.8. The molecule has 0 saturated heterocycles. The molecule has 0 fully saturated rings. The fourth-order valence-corrected chi connectivity index (χ4v) is 6.21. The van der Waals surface area contributed by atoms with Gasteiger partial charge in [0.25, 0.3) is 0 Å². The Balaban J connectivity index is 2.33. The van der Waals surface area contributed by atoms with E-state index in [4.69, 9.17) is 29.5 Å². The summed E-state index contributed by atoms with van der Waals surface area (Å²) in [7, 11) is 0. The zero-order valence-electron chi connectivity index (χ0n) is 31.9. The van der Waals surface area contributed by atoms with E-state index in [9.17, 15) is 14.4 Å². The summed E-state index contributed by atoms with van der Waals surface area (Å²) in [6.07, 6.45) is 30.4. The molecule has 51 heavy (non-hydrogen) atoms. The molecule has 0 unspecified atom stereocenters. The molecule has 3 N–H and O–H groups in total. The van der Waals surface area contributed by atoms with Crippen molar-refractivity contribution in [2.24, 2.45) is 0 Å². The number of rotatable bonds is 39. The number of benzene rings is 1. The Labute approximate surface area is 309 Å². The standard InChI is InChI=1S/C42H72O9/c43-40(44)28-22-16-10-4-1-7-13-19-25-31-49-37-34-38(50-32-26-20-14-8-2-5-11-17-23-29-41(45)46)36-39(35-37)51-33-27-21-15-9-3-6-12-18-24-30-42(47)48/h34-36H,1-33H2,(H,43,44)(H,45,46)(H,47,48). The number of hydrogen-bond donors (Lipinski definition) is 3. The first-order chi connectivity index (χ1) is 24.9. The summed E-state index contributed by atoms with van der Waals surface area (Å²) in [6.45, 7) is 1.99. The van der Waals surface area contributed by atoms with E-state index in [0.29, 0.717) is 19.8 Å². The van der Waals surface area contributed by atoms with Crippen molar-refractivity contribution in [3.63, 3.8) is 0 Å². The molecule has 0 amide bonds. The predicted molar refractivity (Wildman–Crippen MR) is 204 cm³/mol. The molecule has 0 atom stereocenters. The smallest absolute Gasteiger partial charge is 0.303 e. The van der Waals surface area contributed by atoms with Crippen LogP contribution in [-0.2, 0) is 14.4 Å². The molecule has 9 nitrogen and oxygen atoms in total. The van der Waals surface area contributed by atoms with Crippen LogP contribution in [0.2, 0.25) is 0 Å². The molecule has 1 rings (SSSR count). The molecule has 1 aromatic rings. The number of hydrogen-bond acceptors (Lipinski definition) is 6. The van der Waals surface area contributed by atoms with Gasteiger partial charge in [0.15, 0.2) is 0 Å². The summed E-state index contributed by atoms with van der Waals surface area (Å²) in [5.74, 6) is 0.270. The maximum absolute atomic E-state index is 10.6. The van der Waals surface area contributed by atoms with Gasteiger partial charge in [-0.2, -0.15) is 0 Å². The highest BCUT2D eigenvalue weighted by molar-refractivity contribution is 5.67. The molecule has 0 aliphatic rings. The van der Waals surface area contributed by atoms with Crippen molar-refractivity contribution in [1.29, 1.82) is 0 Å². The zero-order valence-corrected chi connectivity index (χ0v) is 31.9. The van der Waals surface area contributed by atoms with Crippen molar-refractivity contribution < 1.29 is 43.9 Å². The molecular formula is C42H72O9. The quantitative estimate of drug-likeness (QED) is 0.0567. The molecule has 0 aliphatic carbocycles. The number of carboxylic acid groups (broad SMARTS) is 3. The first-order valence-electron chi connectivity index (χ1n) is 20.6. The molecule has 0 aromatic heterocycles. The molecule has 0 spiro atoms. The van der Waals surface area contributed by atoms with Gasteiger partial charge < -0.3 is 29.5 Å². The highest BCUT2D eigenvalue weighted by Crippen LogP contribution is 2.29. The Morgan fingerprint density at radius 3 is 0.686 bits per heavy atom. The van der Waals surface area contributed by atoms with Crippen molar-refractivity contribution in [1.82, 2.24) is 0 Å². The molecule has 294 valence electrons. The Morgan fingerprint density at radius 1 is 0.314 bits per heavy atom. The second-order valence-electron chi connectivity index (χ2n) is 14.2. The lowest BCUT2D eigenvalue weighted by Gasteiger charge is -2.13. The lowest BCUT2D eigenvalue weighted by molar-refractivity contribution is -0.138. The predicted octanol–water partition coefficient (Wildman–Crippen LogP) is 11.8. The summed E-state index contributed by atoms with van der Waals surface area (Å²) in [5.41, 5.74) is 0. The van der Waals surface area contributed by atoms with E-state index >= 15 is 0 Å². The third-order valence-electron chi connectivity index (χ3n) is 9.26. The molecule has 0 aliphatic heterocycles. The average Bonchev–Trinajstić information content (AvgIpc) is 3.09. The highest BCUT2D eigenvalue weighted by Gasteiger charge is 2.06. The second-order valence-corrected chi connectivity index (χ2v) is 14.2. The van der Waals surface area contributed by atoms with Gasteiger partial charge in [0.05, 0.1) is 19.8 Å². The first-order valence-corrected chi connectivity index (χ1v) is 20.6. The number of carbonyl (C=O) groups is 3. The summed E-state index contributed by atoms with van der Waals surface area (Å²) < 4.78 is 18.4. The minimum atomic E-state index is -0.698. The number of unbranched alkanes of at least 4 members (excludes halogenated alkanes) is 24. The van der Waals surface area contributed by atoms with Gasteiger partial charge in [-0.15, -0.1) is 0 Å². The summed E-state index contributed by atoms with van der Waals surface area (Å²) in [4.78, 5) is 31.8. The highest BCUT2D eigenvalue weighted by atomic mass is 16.5. The van der Waals surface area contributed by atoms with Gasteiger partial charge in [-0.05, 0) is 38.5 Å². The van der Waals surface area contributed by atoms with Crippen molar-refractivity contribution in [3.8, 4) is 17.2 Å². The monoisotopic (exact) mass is 721 g/mol. The van der Waals surface area contributed by atoms with Crippen LogP contribution in [-0.4, -0.2) is 53.0 Å². The van der Waals surface area contributed by atoms with Crippen molar-refractivity contribution in [3.05, 3.63) is 18.2 Å². The van der Waals surface area contributed by atoms with E-state index in [1.807, 2.05) is 18.2 Å². The minimum Gasteiger partial charge on any atom is -0.493 e. The molecule has 0 saturated carbocycles. The van der Waals surface area contributed by atoms with Crippen LogP contribution in [0.25, 0.3) is 0 Å².